The second kappa shape index (κ2) is 16.3. The maximum absolute atomic E-state index is 12.3. The molecule has 0 aliphatic rings. The number of ether oxygens (including phenoxy) is 1. The highest BCUT2D eigenvalue weighted by Gasteiger charge is 2.19. The number of esters is 1. The lowest BCUT2D eigenvalue weighted by Crippen LogP contribution is -2.18. The summed E-state index contributed by atoms with van der Waals surface area (Å²) < 4.78 is 5.56. The quantitative estimate of drug-likeness (QED) is 0.227. The van der Waals surface area contributed by atoms with Gasteiger partial charge in [0.1, 0.15) is 0 Å². The Balaban J connectivity index is 3.99. The number of carbonyl (C=O) groups excluding carboxylic acids is 1. The third kappa shape index (κ3) is 14.8. The zero-order chi connectivity index (χ0) is 17.3. The van der Waals surface area contributed by atoms with Crippen molar-refractivity contribution in [2.45, 2.75) is 111 Å². The Hall–Kier alpha value is -0.530. The smallest absolute Gasteiger partial charge is 0.308 e. The zero-order valence-corrected chi connectivity index (χ0v) is 16.4. The van der Waals surface area contributed by atoms with E-state index in [4.69, 9.17) is 4.74 Å². The third-order valence-electron chi connectivity index (χ3n) is 4.57. The molecule has 0 N–H and O–H groups in total. The molecule has 0 heterocycles. The van der Waals surface area contributed by atoms with Gasteiger partial charge in [-0.05, 0) is 31.6 Å². The van der Waals surface area contributed by atoms with Crippen LogP contribution in [0.1, 0.15) is 111 Å². The van der Waals surface area contributed by atoms with Crippen molar-refractivity contribution in [3.63, 3.8) is 0 Å². The van der Waals surface area contributed by atoms with Crippen LogP contribution in [0.3, 0.4) is 0 Å². The molecule has 0 spiro atoms. The summed E-state index contributed by atoms with van der Waals surface area (Å²) >= 11 is 0. The second-order valence-electron chi connectivity index (χ2n) is 7.45. The molecule has 0 saturated heterocycles. The van der Waals surface area contributed by atoms with Gasteiger partial charge in [-0.25, -0.2) is 0 Å². The van der Waals surface area contributed by atoms with Gasteiger partial charge in [-0.15, -0.1) is 0 Å². The summed E-state index contributed by atoms with van der Waals surface area (Å²) in [6.07, 6.45) is 15.4. The Labute approximate surface area is 145 Å². The van der Waals surface area contributed by atoms with Gasteiger partial charge in [-0.3, -0.25) is 4.79 Å². The third-order valence-corrected chi connectivity index (χ3v) is 4.57. The molecule has 2 heteroatoms. The number of hydrogen-bond acceptors (Lipinski definition) is 2. The highest BCUT2D eigenvalue weighted by atomic mass is 16.5. The van der Waals surface area contributed by atoms with Crippen LogP contribution in [-0.2, 0) is 9.53 Å². The minimum Gasteiger partial charge on any atom is -0.465 e. The van der Waals surface area contributed by atoms with E-state index in [2.05, 4.69) is 27.7 Å². The molecule has 0 bridgehead atoms. The Morgan fingerprint density at radius 1 is 0.739 bits per heavy atom. The van der Waals surface area contributed by atoms with E-state index in [9.17, 15) is 4.79 Å². The van der Waals surface area contributed by atoms with E-state index in [-0.39, 0.29) is 11.9 Å². The van der Waals surface area contributed by atoms with Crippen molar-refractivity contribution in [2.24, 2.45) is 11.8 Å². The van der Waals surface area contributed by atoms with Gasteiger partial charge < -0.3 is 4.74 Å². The summed E-state index contributed by atoms with van der Waals surface area (Å²) in [4.78, 5) is 12.3. The fourth-order valence-electron chi connectivity index (χ4n) is 2.96. The highest BCUT2D eigenvalue weighted by Crippen LogP contribution is 2.20. The first-order chi connectivity index (χ1) is 11.1. The van der Waals surface area contributed by atoms with Crippen LogP contribution in [0.5, 0.6) is 0 Å². The molecule has 23 heavy (non-hydrogen) atoms. The molecular formula is C21H42O2. The average Bonchev–Trinajstić information content (AvgIpc) is 2.52. The van der Waals surface area contributed by atoms with Gasteiger partial charge in [0.05, 0.1) is 12.5 Å². The fourth-order valence-corrected chi connectivity index (χ4v) is 2.96. The largest absolute Gasteiger partial charge is 0.465 e. The Morgan fingerprint density at radius 3 is 1.74 bits per heavy atom. The van der Waals surface area contributed by atoms with Crippen LogP contribution in [0.25, 0.3) is 0 Å². The van der Waals surface area contributed by atoms with Crippen LogP contribution in [-0.4, -0.2) is 12.6 Å². The van der Waals surface area contributed by atoms with Crippen molar-refractivity contribution < 1.29 is 9.53 Å². The van der Waals surface area contributed by atoms with Gasteiger partial charge >= 0.3 is 5.97 Å². The molecule has 0 aliphatic heterocycles. The first-order valence-electron chi connectivity index (χ1n) is 10.3. The number of hydrogen-bond donors (Lipinski definition) is 0. The summed E-state index contributed by atoms with van der Waals surface area (Å²) in [6, 6.07) is 0. The van der Waals surface area contributed by atoms with Crippen LogP contribution in [0.4, 0.5) is 0 Å². The molecule has 2 nitrogen and oxygen atoms in total. The Morgan fingerprint density at radius 2 is 1.26 bits per heavy atom. The Kier molecular flexibility index (Phi) is 16.0. The van der Waals surface area contributed by atoms with E-state index in [1.165, 1.54) is 64.2 Å². The molecule has 0 aromatic rings. The number of rotatable bonds is 16. The van der Waals surface area contributed by atoms with Crippen LogP contribution < -0.4 is 0 Å². The van der Waals surface area contributed by atoms with E-state index in [0.717, 1.165) is 25.2 Å². The molecule has 0 radical (unpaired) electrons. The molecule has 0 fully saturated rings. The van der Waals surface area contributed by atoms with Crippen molar-refractivity contribution >= 4 is 5.97 Å². The van der Waals surface area contributed by atoms with Crippen molar-refractivity contribution in [3.05, 3.63) is 0 Å². The summed E-state index contributed by atoms with van der Waals surface area (Å²) in [7, 11) is 0. The van der Waals surface area contributed by atoms with E-state index in [1.54, 1.807) is 0 Å². The van der Waals surface area contributed by atoms with Gasteiger partial charge in [-0.1, -0.05) is 85.5 Å². The lowest BCUT2D eigenvalue weighted by molar-refractivity contribution is -0.149. The second-order valence-corrected chi connectivity index (χ2v) is 7.45. The van der Waals surface area contributed by atoms with E-state index in [0.29, 0.717) is 6.61 Å². The summed E-state index contributed by atoms with van der Waals surface area (Å²) in [5, 5.41) is 0. The van der Waals surface area contributed by atoms with Gasteiger partial charge in [-0.2, -0.15) is 0 Å². The predicted octanol–water partition coefficient (Wildman–Crippen LogP) is 6.91. The highest BCUT2D eigenvalue weighted by molar-refractivity contribution is 5.72. The van der Waals surface area contributed by atoms with Gasteiger partial charge in [0.15, 0.2) is 0 Å². The first kappa shape index (κ1) is 22.5. The van der Waals surface area contributed by atoms with E-state index < -0.39 is 0 Å². The lowest BCUT2D eigenvalue weighted by Gasteiger charge is -2.16. The summed E-state index contributed by atoms with van der Waals surface area (Å²) in [5.74, 6) is 0.965. The molecule has 0 rings (SSSR count). The number of carbonyl (C=O) groups is 1. The molecule has 0 aromatic carbocycles. The Bertz CT molecular complexity index is 249. The van der Waals surface area contributed by atoms with Crippen LogP contribution >= 0.6 is 0 Å². The summed E-state index contributed by atoms with van der Waals surface area (Å²) in [5.41, 5.74) is 0. The van der Waals surface area contributed by atoms with Crippen molar-refractivity contribution in [2.75, 3.05) is 6.61 Å². The molecule has 0 amide bonds. The molecule has 0 aliphatic carbocycles. The summed E-state index contributed by atoms with van der Waals surface area (Å²) in [6.45, 7) is 9.57. The molecule has 0 unspecified atom stereocenters. The van der Waals surface area contributed by atoms with E-state index in [1.807, 2.05) is 0 Å². The normalized spacial score (nSPS) is 11.4. The molecule has 138 valence electrons. The molecule has 0 saturated carbocycles. The van der Waals surface area contributed by atoms with Crippen LogP contribution in [0.2, 0.25) is 0 Å². The fraction of sp³-hybridized carbons (Fsp3) is 0.952. The van der Waals surface area contributed by atoms with Crippen LogP contribution in [0, 0.1) is 11.8 Å². The van der Waals surface area contributed by atoms with Gasteiger partial charge in [0.2, 0.25) is 0 Å². The minimum atomic E-state index is 0.0718. The van der Waals surface area contributed by atoms with Crippen molar-refractivity contribution in [1.82, 2.24) is 0 Å². The SMILES string of the molecule is CCCCCCC(CCCCCC)C(=O)OCCCCC(C)C. The minimum absolute atomic E-state index is 0.0718. The van der Waals surface area contributed by atoms with E-state index >= 15 is 0 Å². The maximum Gasteiger partial charge on any atom is 0.308 e. The molecular weight excluding hydrogens is 284 g/mol. The maximum atomic E-state index is 12.3. The lowest BCUT2D eigenvalue weighted by atomic mass is 9.94. The van der Waals surface area contributed by atoms with Crippen LogP contribution in [0.15, 0.2) is 0 Å². The standard InChI is InChI=1S/C21H42O2/c1-5-7-9-11-16-20(17-12-10-8-6-2)21(22)23-18-14-13-15-19(3)4/h19-20H,5-18H2,1-4H3. The monoisotopic (exact) mass is 326 g/mol. The van der Waals surface area contributed by atoms with Gasteiger partial charge in [0.25, 0.3) is 0 Å². The van der Waals surface area contributed by atoms with Crippen molar-refractivity contribution in [3.8, 4) is 0 Å². The van der Waals surface area contributed by atoms with Gasteiger partial charge in [0, 0.05) is 0 Å². The molecule has 0 atom stereocenters. The topological polar surface area (TPSA) is 26.3 Å². The molecule has 0 aromatic heterocycles. The zero-order valence-electron chi connectivity index (χ0n) is 16.4. The number of unbranched alkanes of at least 4 members (excludes halogenated alkanes) is 7. The first-order valence-corrected chi connectivity index (χ1v) is 10.3. The van der Waals surface area contributed by atoms with Crippen molar-refractivity contribution in [1.29, 1.82) is 0 Å². The average molecular weight is 327 g/mol. The predicted molar refractivity (Wildman–Crippen MR) is 101 cm³/mol.